The number of furan rings is 1. The summed E-state index contributed by atoms with van der Waals surface area (Å²) in [4.78, 5) is 24.3. The highest BCUT2D eigenvalue weighted by Gasteiger charge is 2.18. The zero-order chi connectivity index (χ0) is 16.8. The summed E-state index contributed by atoms with van der Waals surface area (Å²) in [6.07, 6.45) is 0.656. The van der Waals surface area contributed by atoms with Crippen molar-refractivity contribution in [2.45, 2.75) is 13.3 Å². The van der Waals surface area contributed by atoms with Gasteiger partial charge in [0.05, 0.1) is 6.61 Å². The summed E-state index contributed by atoms with van der Waals surface area (Å²) in [5.41, 5.74) is 1.06. The van der Waals surface area contributed by atoms with E-state index in [0.29, 0.717) is 19.6 Å². The molecule has 1 N–H and O–H groups in total. The van der Waals surface area contributed by atoms with E-state index in [1.165, 1.54) is 17.0 Å². The van der Waals surface area contributed by atoms with Gasteiger partial charge in [0.1, 0.15) is 5.75 Å². The van der Waals surface area contributed by atoms with E-state index in [9.17, 15) is 9.59 Å². The molecule has 0 saturated carbocycles. The summed E-state index contributed by atoms with van der Waals surface area (Å²) in [5.74, 6) is -0.945. The minimum absolute atomic E-state index is 0.0183. The number of carboxylic acids is 1. The summed E-state index contributed by atoms with van der Waals surface area (Å²) < 4.78 is 10.7. The molecule has 0 unspecified atom stereocenters. The fraction of sp³-hybridized carbons (Fsp3) is 0.294. The van der Waals surface area contributed by atoms with Gasteiger partial charge in [0.2, 0.25) is 5.76 Å². The first-order valence-electron chi connectivity index (χ1n) is 7.26. The van der Waals surface area contributed by atoms with Crippen LogP contribution in [0.1, 0.15) is 33.1 Å². The molecule has 122 valence electrons. The molecule has 0 aliphatic rings. The molecule has 1 heterocycles. The lowest BCUT2D eigenvalue weighted by Gasteiger charge is -2.16. The molecule has 0 aliphatic carbocycles. The first-order valence-corrected chi connectivity index (χ1v) is 7.26. The van der Waals surface area contributed by atoms with Crippen LogP contribution in [0.25, 0.3) is 0 Å². The van der Waals surface area contributed by atoms with Crippen LogP contribution >= 0.6 is 0 Å². The van der Waals surface area contributed by atoms with Crippen molar-refractivity contribution in [2.75, 3.05) is 20.2 Å². The molecule has 1 aromatic heterocycles. The second-order valence-electron chi connectivity index (χ2n) is 5.16. The fourth-order valence-corrected chi connectivity index (χ4v) is 2.06. The number of amides is 1. The maximum atomic E-state index is 12.1. The monoisotopic (exact) mass is 317 g/mol. The van der Waals surface area contributed by atoms with Crippen LogP contribution in [0, 0.1) is 6.92 Å². The second kappa shape index (κ2) is 7.49. The average molecular weight is 317 g/mol. The molecule has 0 spiro atoms. The highest BCUT2D eigenvalue weighted by atomic mass is 16.5. The van der Waals surface area contributed by atoms with E-state index in [-0.39, 0.29) is 17.4 Å². The minimum Gasteiger partial charge on any atom is -0.493 e. The number of rotatable bonds is 7. The Bertz CT molecular complexity index is 692. The number of hydrogen-bond donors (Lipinski definition) is 1. The molecule has 2 rings (SSSR count). The second-order valence-corrected chi connectivity index (χ2v) is 5.16. The van der Waals surface area contributed by atoms with E-state index in [4.69, 9.17) is 14.3 Å². The van der Waals surface area contributed by atoms with Gasteiger partial charge in [-0.15, -0.1) is 0 Å². The van der Waals surface area contributed by atoms with Gasteiger partial charge in [-0.2, -0.15) is 0 Å². The van der Waals surface area contributed by atoms with Crippen molar-refractivity contribution in [1.82, 2.24) is 4.90 Å². The lowest BCUT2D eigenvalue weighted by Crippen LogP contribution is -2.28. The summed E-state index contributed by atoms with van der Waals surface area (Å²) >= 11 is 0. The molecule has 2 aromatic rings. The van der Waals surface area contributed by atoms with E-state index in [1.807, 2.05) is 31.2 Å². The Morgan fingerprint density at radius 2 is 1.87 bits per heavy atom. The molecule has 23 heavy (non-hydrogen) atoms. The van der Waals surface area contributed by atoms with Crippen LogP contribution in [0.4, 0.5) is 0 Å². The Hall–Kier alpha value is -2.76. The van der Waals surface area contributed by atoms with Crippen molar-refractivity contribution in [1.29, 1.82) is 0 Å². The van der Waals surface area contributed by atoms with Gasteiger partial charge in [0, 0.05) is 13.6 Å². The van der Waals surface area contributed by atoms with Gasteiger partial charge >= 0.3 is 5.97 Å². The highest BCUT2D eigenvalue weighted by Crippen LogP contribution is 2.16. The molecule has 6 heteroatoms. The maximum absolute atomic E-state index is 12.1. The first kappa shape index (κ1) is 16.6. The number of hydrogen-bond acceptors (Lipinski definition) is 4. The van der Waals surface area contributed by atoms with Crippen molar-refractivity contribution in [3.8, 4) is 5.75 Å². The molecule has 0 aliphatic heterocycles. The maximum Gasteiger partial charge on any atom is 0.371 e. The largest absolute Gasteiger partial charge is 0.493 e. The third-order valence-corrected chi connectivity index (χ3v) is 3.36. The normalized spacial score (nSPS) is 10.3. The summed E-state index contributed by atoms with van der Waals surface area (Å²) in [6.45, 7) is 2.94. The number of aromatic carboxylic acids is 1. The minimum atomic E-state index is -1.20. The molecule has 0 saturated heterocycles. The number of benzene rings is 1. The quantitative estimate of drug-likeness (QED) is 0.794. The Kier molecular flexibility index (Phi) is 5.41. The van der Waals surface area contributed by atoms with Crippen molar-refractivity contribution >= 4 is 11.9 Å². The molecule has 1 aromatic carbocycles. The third-order valence-electron chi connectivity index (χ3n) is 3.36. The van der Waals surface area contributed by atoms with Crippen molar-refractivity contribution < 1.29 is 23.8 Å². The molecular weight excluding hydrogens is 298 g/mol. The van der Waals surface area contributed by atoms with E-state index < -0.39 is 5.97 Å². The molecular formula is C17H19NO5. The van der Waals surface area contributed by atoms with Gasteiger partial charge < -0.3 is 19.2 Å². The van der Waals surface area contributed by atoms with Gasteiger partial charge in [-0.3, -0.25) is 4.79 Å². The van der Waals surface area contributed by atoms with Crippen LogP contribution < -0.4 is 4.74 Å². The predicted octanol–water partition coefficient (Wildman–Crippen LogP) is 2.83. The molecule has 1 amide bonds. The third kappa shape index (κ3) is 4.35. The summed E-state index contributed by atoms with van der Waals surface area (Å²) in [7, 11) is 1.64. The SMILES string of the molecule is Cc1ccccc1OCCCN(C)C(=O)c1ccc(C(=O)O)o1. The Balaban J connectivity index is 1.80. The smallest absolute Gasteiger partial charge is 0.371 e. The van der Waals surface area contributed by atoms with Crippen LogP contribution in [0.15, 0.2) is 40.8 Å². The zero-order valence-electron chi connectivity index (χ0n) is 13.1. The lowest BCUT2D eigenvalue weighted by molar-refractivity contribution is 0.0653. The van der Waals surface area contributed by atoms with Gasteiger partial charge in [-0.25, -0.2) is 4.79 Å². The van der Waals surface area contributed by atoms with E-state index >= 15 is 0 Å². The Labute approximate surface area is 134 Å². The molecule has 0 bridgehead atoms. The van der Waals surface area contributed by atoms with Gasteiger partial charge in [0.25, 0.3) is 5.91 Å². The van der Waals surface area contributed by atoms with Gasteiger partial charge in [-0.05, 0) is 37.1 Å². The summed E-state index contributed by atoms with van der Waals surface area (Å²) in [6, 6.07) is 10.4. The highest BCUT2D eigenvalue weighted by molar-refractivity contribution is 5.93. The van der Waals surface area contributed by atoms with Crippen LogP contribution in [0.5, 0.6) is 5.75 Å². The number of carbonyl (C=O) groups is 2. The fourth-order valence-electron chi connectivity index (χ4n) is 2.06. The number of ether oxygens (including phenoxy) is 1. The molecule has 0 atom stereocenters. The number of nitrogens with zero attached hydrogens (tertiary/aromatic N) is 1. The standard InChI is InChI=1S/C17H19NO5/c1-12-6-3-4-7-13(12)22-11-5-10-18(2)16(19)14-8-9-15(23-14)17(20)21/h3-4,6-9H,5,10-11H2,1-2H3,(H,20,21). The van der Waals surface area contributed by atoms with E-state index in [1.54, 1.807) is 7.05 Å². The first-order chi connectivity index (χ1) is 11.0. The van der Waals surface area contributed by atoms with Crippen molar-refractivity contribution in [2.24, 2.45) is 0 Å². The van der Waals surface area contributed by atoms with E-state index in [2.05, 4.69) is 0 Å². The van der Waals surface area contributed by atoms with Crippen molar-refractivity contribution in [3.63, 3.8) is 0 Å². The van der Waals surface area contributed by atoms with Gasteiger partial charge in [0.15, 0.2) is 5.76 Å². The molecule has 6 nitrogen and oxygen atoms in total. The van der Waals surface area contributed by atoms with Crippen molar-refractivity contribution in [3.05, 3.63) is 53.5 Å². The predicted molar refractivity (Wildman–Crippen MR) is 83.9 cm³/mol. The number of carbonyl (C=O) groups excluding carboxylic acids is 1. The van der Waals surface area contributed by atoms with Crippen LogP contribution in [0.3, 0.4) is 0 Å². The topological polar surface area (TPSA) is 80.0 Å². The zero-order valence-corrected chi connectivity index (χ0v) is 13.1. The molecule has 0 radical (unpaired) electrons. The van der Waals surface area contributed by atoms with Crippen LogP contribution in [-0.4, -0.2) is 42.1 Å². The number of aryl methyl sites for hydroxylation is 1. The van der Waals surface area contributed by atoms with Crippen LogP contribution in [0.2, 0.25) is 0 Å². The molecule has 0 fully saturated rings. The summed E-state index contributed by atoms with van der Waals surface area (Å²) in [5, 5.41) is 8.79. The Morgan fingerprint density at radius 1 is 1.17 bits per heavy atom. The van der Waals surface area contributed by atoms with E-state index in [0.717, 1.165) is 11.3 Å². The number of carboxylic acid groups (broad SMARTS) is 1. The Morgan fingerprint density at radius 3 is 2.52 bits per heavy atom. The lowest BCUT2D eigenvalue weighted by atomic mass is 10.2. The van der Waals surface area contributed by atoms with Crippen LogP contribution in [-0.2, 0) is 0 Å². The number of para-hydroxylation sites is 1. The average Bonchev–Trinajstić information content (AvgIpc) is 3.02. The van der Waals surface area contributed by atoms with Gasteiger partial charge in [-0.1, -0.05) is 18.2 Å².